The van der Waals surface area contributed by atoms with E-state index in [4.69, 9.17) is 0 Å². The highest BCUT2D eigenvalue weighted by molar-refractivity contribution is 6.01. The Balaban J connectivity index is 1.76. The fourth-order valence-corrected chi connectivity index (χ4v) is 2.66. The van der Waals surface area contributed by atoms with E-state index in [1.54, 1.807) is 0 Å². The summed E-state index contributed by atoms with van der Waals surface area (Å²) in [5.74, 6) is 0.203. The van der Waals surface area contributed by atoms with E-state index in [0.717, 1.165) is 35.6 Å². The molecule has 1 fully saturated rings. The van der Waals surface area contributed by atoms with Gasteiger partial charge >= 0.3 is 0 Å². The lowest BCUT2D eigenvalue weighted by Crippen LogP contribution is -2.23. The summed E-state index contributed by atoms with van der Waals surface area (Å²) in [4.78, 5) is 13.7. The molecule has 2 aromatic carbocycles. The van der Waals surface area contributed by atoms with Crippen molar-refractivity contribution in [3.63, 3.8) is 0 Å². The van der Waals surface area contributed by atoms with Gasteiger partial charge in [0, 0.05) is 18.7 Å². The summed E-state index contributed by atoms with van der Waals surface area (Å²) in [5, 5.41) is 4.44. The number of hydrogen-bond acceptors (Lipinski definition) is 3. The van der Waals surface area contributed by atoms with Crippen LogP contribution in [0.2, 0.25) is 0 Å². The molecule has 1 aliphatic rings. The van der Waals surface area contributed by atoms with Gasteiger partial charge in [-0.1, -0.05) is 29.8 Å². The molecule has 1 amide bonds. The Morgan fingerprint density at radius 1 is 1.17 bits per heavy atom. The van der Waals surface area contributed by atoms with E-state index in [2.05, 4.69) is 17.5 Å². The van der Waals surface area contributed by atoms with Crippen molar-refractivity contribution in [2.45, 2.75) is 26.7 Å². The highest BCUT2D eigenvalue weighted by Crippen LogP contribution is 2.22. The molecule has 4 nitrogen and oxygen atoms in total. The molecule has 1 heterocycles. The second-order valence-corrected chi connectivity index (χ2v) is 5.87. The number of rotatable bonds is 4. The molecule has 1 saturated heterocycles. The van der Waals surface area contributed by atoms with Crippen molar-refractivity contribution in [3.8, 4) is 0 Å². The maximum absolute atomic E-state index is 11.9. The molecule has 0 aliphatic carbocycles. The lowest BCUT2D eigenvalue weighted by atomic mass is 10.1. The molecule has 0 atom stereocenters. The van der Waals surface area contributed by atoms with E-state index in [-0.39, 0.29) is 5.91 Å². The molecule has 3 rings (SSSR count). The first-order valence-corrected chi connectivity index (χ1v) is 7.91. The van der Waals surface area contributed by atoms with Crippen LogP contribution in [-0.2, 0) is 4.79 Å². The molecule has 1 N–H and O–H groups in total. The van der Waals surface area contributed by atoms with Crippen molar-refractivity contribution in [1.82, 2.24) is 0 Å². The van der Waals surface area contributed by atoms with Crippen molar-refractivity contribution in [3.05, 3.63) is 59.7 Å². The largest absolute Gasteiger partial charge is 0.312 e. The molecule has 0 saturated carbocycles. The smallest absolute Gasteiger partial charge is 0.227 e. The molecule has 0 aromatic heterocycles. The fraction of sp³-hybridized carbons (Fsp3) is 0.263. The number of amides is 1. The number of hydrogen-bond donors (Lipinski definition) is 1. The van der Waals surface area contributed by atoms with E-state index >= 15 is 0 Å². The molecule has 2 aromatic rings. The number of nitrogens with one attached hydrogen (secondary N) is 1. The Kier molecular flexibility index (Phi) is 4.42. The zero-order valence-corrected chi connectivity index (χ0v) is 13.5. The van der Waals surface area contributed by atoms with Crippen LogP contribution in [0.3, 0.4) is 0 Å². The number of carbonyl (C=O) groups excluding carboxylic acids is 1. The summed E-state index contributed by atoms with van der Waals surface area (Å²) in [6.07, 6.45) is 1.58. The second kappa shape index (κ2) is 6.65. The number of anilines is 2. The van der Waals surface area contributed by atoms with Crippen LogP contribution < -0.4 is 10.3 Å². The minimum atomic E-state index is 0.203. The van der Waals surface area contributed by atoms with Crippen LogP contribution in [0.15, 0.2) is 53.6 Å². The Labute approximate surface area is 136 Å². The Morgan fingerprint density at radius 3 is 2.65 bits per heavy atom. The van der Waals surface area contributed by atoms with Gasteiger partial charge in [-0.2, -0.15) is 5.10 Å². The summed E-state index contributed by atoms with van der Waals surface area (Å²) in [5.41, 5.74) is 8.11. The summed E-state index contributed by atoms with van der Waals surface area (Å²) in [6.45, 7) is 4.83. The van der Waals surface area contributed by atoms with Crippen LogP contribution in [-0.4, -0.2) is 18.2 Å². The van der Waals surface area contributed by atoms with E-state index < -0.39 is 0 Å². The predicted molar refractivity (Wildman–Crippen MR) is 95.0 cm³/mol. The summed E-state index contributed by atoms with van der Waals surface area (Å²) >= 11 is 0. The quantitative estimate of drug-likeness (QED) is 0.686. The van der Waals surface area contributed by atoms with Gasteiger partial charge in [0.05, 0.1) is 11.4 Å². The maximum atomic E-state index is 11.9. The SMILES string of the molecule is C/C(=N/Nc1ccc(C)cc1)c1cccc(N2CCCC2=O)c1. The number of carbonyl (C=O) groups is 1. The molecule has 0 spiro atoms. The first-order chi connectivity index (χ1) is 11.1. The molecule has 4 heteroatoms. The van der Waals surface area contributed by atoms with Gasteiger partial charge in [0.2, 0.25) is 5.91 Å². The second-order valence-electron chi connectivity index (χ2n) is 5.87. The molecule has 0 radical (unpaired) electrons. The van der Waals surface area contributed by atoms with E-state index in [1.165, 1.54) is 5.56 Å². The minimum Gasteiger partial charge on any atom is -0.312 e. The minimum absolute atomic E-state index is 0.203. The Bertz CT molecular complexity index is 735. The Hall–Kier alpha value is -2.62. The van der Waals surface area contributed by atoms with Gasteiger partial charge in [-0.25, -0.2) is 0 Å². The maximum Gasteiger partial charge on any atom is 0.227 e. The van der Waals surface area contributed by atoms with E-state index in [0.29, 0.717) is 6.42 Å². The third-order valence-electron chi connectivity index (χ3n) is 4.05. The van der Waals surface area contributed by atoms with Crippen LogP contribution >= 0.6 is 0 Å². The van der Waals surface area contributed by atoms with E-state index in [9.17, 15) is 4.79 Å². The van der Waals surface area contributed by atoms with Crippen LogP contribution in [0.4, 0.5) is 11.4 Å². The van der Waals surface area contributed by atoms with Crippen LogP contribution in [0.5, 0.6) is 0 Å². The third kappa shape index (κ3) is 3.59. The van der Waals surface area contributed by atoms with Crippen LogP contribution in [0.1, 0.15) is 30.9 Å². The molecule has 1 aliphatic heterocycles. The first kappa shape index (κ1) is 15.3. The molecule has 0 unspecified atom stereocenters. The van der Waals surface area contributed by atoms with Crippen LogP contribution in [0, 0.1) is 6.92 Å². The normalized spacial score (nSPS) is 15.1. The summed E-state index contributed by atoms with van der Waals surface area (Å²) < 4.78 is 0. The first-order valence-electron chi connectivity index (χ1n) is 7.91. The molecular weight excluding hydrogens is 286 g/mol. The highest BCUT2D eigenvalue weighted by atomic mass is 16.2. The van der Waals surface area contributed by atoms with Crippen molar-refractivity contribution >= 4 is 23.0 Å². The van der Waals surface area contributed by atoms with Gasteiger partial charge < -0.3 is 4.90 Å². The molecule has 23 heavy (non-hydrogen) atoms. The van der Waals surface area contributed by atoms with Gasteiger partial charge in [-0.3, -0.25) is 10.2 Å². The van der Waals surface area contributed by atoms with Crippen molar-refractivity contribution in [2.24, 2.45) is 5.10 Å². The third-order valence-corrected chi connectivity index (χ3v) is 4.05. The molecule has 118 valence electrons. The lowest BCUT2D eigenvalue weighted by Gasteiger charge is -2.16. The zero-order chi connectivity index (χ0) is 16.2. The predicted octanol–water partition coefficient (Wildman–Crippen LogP) is 3.96. The lowest BCUT2D eigenvalue weighted by molar-refractivity contribution is -0.117. The topological polar surface area (TPSA) is 44.7 Å². The van der Waals surface area contributed by atoms with Crippen molar-refractivity contribution in [1.29, 1.82) is 0 Å². The standard InChI is InChI=1S/C19H21N3O/c1-14-8-10-17(11-9-14)21-20-15(2)16-5-3-6-18(13-16)22-12-4-7-19(22)23/h3,5-6,8-11,13,21H,4,7,12H2,1-2H3/b20-15-. The number of aryl methyl sites for hydroxylation is 1. The Morgan fingerprint density at radius 2 is 1.96 bits per heavy atom. The average molecular weight is 307 g/mol. The average Bonchev–Trinajstić information content (AvgIpc) is 3.00. The van der Waals surface area contributed by atoms with Gasteiger partial charge in [-0.15, -0.1) is 0 Å². The summed E-state index contributed by atoms with van der Waals surface area (Å²) in [7, 11) is 0. The number of benzene rings is 2. The van der Waals surface area contributed by atoms with E-state index in [1.807, 2.05) is 60.4 Å². The summed E-state index contributed by atoms with van der Waals surface area (Å²) in [6, 6.07) is 16.1. The molecular formula is C19H21N3O. The monoisotopic (exact) mass is 307 g/mol. The van der Waals surface area contributed by atoms with Gasteiger partial charge in [0.15, 0.2) is 0 Å². The van der Waals surface area contributed by atoms with Gasteiger partial charge in [0.25, 0.3) is 0 Å². The zero-order valence-electron chi connectivity index (χ0n) is 13.5. The highest BCUT2D eigenvalue weighted by Gasteiger charge is 2.21. The molecule has 0 bridgehead atoms. The van der Waals surface area contributed by atoms with Crippen LogP contribution in [0.25, 0.3) is 0 Å². The fourth-order valence-electron chi connectivity index (χ4n) is 2.66. The number of hydrazone groups is 1. The van der Waals surface area contributed by atoms with Gasteiger partial charge in [-0.05, 0) is 50.1 Å². The van der Waals surface area contributed by atoms with Crippen molar-refractivity contribution < 1.29 is 4.79 Å². The number of nitrogens with zero attached hydrogens (tertiary/aromatic N) is 2. The van der Waals surface area contributed by atoms with Crippen molar-refractivity contribution in [2.75, 3.05) is 16.9 Å². The van der Waals surface area contributed by atoms with Gasteiger partial charge in [0.1, 0.15) is 0 Å².